The maximum Gasteiger partial charge on any atom is 0.0710 e. The van der Waals surface area contributed by atoms with Gasteiger partial charge in [-0.25, -0.2) is 0 Å². The van der Waals surface area contributed by atoms with Gasteiger partial charge in [-0.1, -0.05) is 0 Å². The Bertz CT molecular complexity index is 151. The van der Waals surface area contributed by atoms with E-state index in [0.29, 0.717) is 6.10 Å². The molecule has 0 saturated carbocycles. The van der Waals surface area contributed by atoms with Gasteiger partial charge in [0.25, 0.3) is 0 Å². The van der Waals surface area contributed by atoms with Crippen LogP contribution >= 0.6 is 0 Å². The maximum atomic E-state index is 6.08. The third kappa shape index (κ3) is 3.56. The Morgan fingerprint density at radius 3 is 2.79 bits per heavy atom. The molecule has 1 atom stereocenters. The third-order valence-electron chi connectivity index (χ3n) is 2.83. The van der Waals surface area contributed by atoms with Crippen LogP contribution in [0.4, 0.5) is 0 Å². The smallest absolute Gasteiger partial charge is 0.0710 e. The van der Waals surface area contributed by atoms with Crippen LogP contribution in [-0.2, 0) is 4.74 Å². The first-order valence-electron chi connectivity index (χ1n) is 5.77. The number of hydrogen-bond donors (Lipinski definition) is 2. The molecule has 14 heavy (non-hydrogen) atoms. The van der Waals surface area contributed by atoms with Gasteiger partial charge in [0.15, 0.2) is 0 Å². The lowest BCUT2D eigenvalue weighted by Crippen LogP contribution is -2.38. The standard InChI is InChI=1S/C11H24N2O/c1-10(2)14-11(5-7-12)4-3-8-13-9-6-11/h10,13H,3-9,12H2,1-2H3. The van der Waals surface area contributed by atoms with Gasteiger partial charge in [-0.2, -0.15) is 0 Å². The van der Waals surface area contributed by atoms with Crippen LogP contribution in [-0.4, -0.2) is 31.3 Å². The van der Waals surface area contributed by atoms with E-state index in [4.69, 9.17) is 10.5 Å². The Morgan fingerprint density at radius 1 is 1.36 bits per heavy atom. The van der Waals surface area contributed by atoms with Gasteiger partial charge in [0.1, 0.15) is 0 Å². The van der Waals surface area contributed by atoms with E-state index in [0.717, 1.165) is 38.9 Å². The first kappa shape index (κ1) is 12.0. The number of hydrogen-bond acceptors (Lipinski definition) is 3. The van der Waals surface area contributed by atoms with Gasteiger partial charge in [0, 0.05) is 0 Å². The van der Waals surface area contributed by atoms with E-state index in [1.54, 1.807) is 0 Å². The van der Waals surface area contributed by atoms with Crippen LogP contribution in [0.5, 0.6) is 0 Å². The van der Waals surface area contributed by atoms with E-state index >= 15 is 0 Å². The van der Waals surface area contributed by atoms with Gasteiger partial charge in [0.2, 0.25) is 0 Å². The van der Waals surface area contributed by atoms with Gasteiger partial charge >= 0.3 is 0 Å². The first-order valence-corrected chi connectivity index (χ1v) is 5.77. The summed E-state index contributed by atoms with van der Waals surface area (Å²) in [7, 11) is 0. The van der Waals surface area contributed by atoms with E-state index < -0.39 is 0 Å². The molecule has 3 heteroatoms. The second-order valence-corrected chi connectivity index (χ2v) is 4.49. The van der Waals surface area contributed by atoms with Crippen molar-refractivity contribution in [3.63, 3.8) is 0 Å². The van der Waals surface area contributed by atoms with E-state index in [9.17, 15) is 0 Å². The molecular formula is C11H24N2O. The first-order chi connectivity index (χ1) is 6.68. The normalized spacial score (nSPS) is 29.1. The van der Waals surface area contributed by atoms with Crippen molar-refractivity contribution in [2.24, 2.45) is 5.73 Å². The fourth-order valence-electron chi connectivity index (χ4n) is 2.29. The number of rotatable bonds is 4. The molecular weight excluding hydrogens is 176 g/mol. The fraction of sp³-hybridized carbons (Fsp3) is 1.00. The molecule has 0 bridgehead atoms. The minimum Gasteiger partial charge on any atom is -0.372 e. The lowest BCUT2D eigenvalue weighted by Gasteiger charge is -2.34. The van der Waals surface area contributed by atoms with Gasteiger partial charge in [0.05, 0.1) is 11.7 Å². The molecule has 1 rings (SSSR count). The van der Waals surface area contributed by atoms with Crippen molar-refractivity contribution in [3.8, 4) is 0 Å². The molecule has 1 saturated heterocycles. The van der Waals surface area contributed by atoms with Gasteiger partial charge in [-0.05, 0) is 59.2 Å². The van der Waals surface area contributed by atoms with E-state index in [-0.39, 0.29) is 5.60 Å². The fourth-order valence-corrected chi connectivity index (χ4v) is 2.29. The minimum absolute atomic E-state index is 0.0480. The summed E-state index contributed by atoms with van der Waals surface area (Å²) < 4.78 is 6.08. The summed E-state index contributed by atoms with van der Waals surface area (Å²) in [6.07, 6.45) is 4.75. The molecule has 0 spiro atoms. The highest BCUT2D eigenvalue weighted by atomic mass is 16.5. The summed E-state index contributed by atoms with van der Waals surface area (Å²) in [5, 5.41) is 3.41. The van der Waals surface area contributed by atoms with Crippen LogP contribution in [0.2, 0.25) is 0 Å². The Kier molecular flexibility index (Phi) is 4.85. The summed E-state index contributed by atoms with van der Waals surface area (Å²) in [6, 6.07) is 0. The number of nitrogens with one attached hydrogen (secondary N) is 1. The zero-order valence-corrected chi connectivity index (χ0v) is 9.51. The molecule has 0 amide bonds. The van der Waals surface area contributed by atoms with Gasteiger partial charge < -0.3 is 15.8 Å². The zero-order chi connectivity index (χ0) is 10.4. The molecule has 0 aliphatic carbocycles. The summed E-state index contributed by atoms with van der Waals surface area (Å²) in [4.78, 5) is 0. The molecule has 0 aromatic carbocycles. The Balaban J connectivity index is 2.57. The maximum absolute atomic E-state index is 6.08. The molecule has 1 fully saturated rings. The lowest BCUT2D eigenvalue weighted by atomic mass is 9.90. The molecule has 0 aromatic rings. The van der Waals surface area contributed by atoms with Crippen molar-refractivity contribution in [2.75, 3.05) is 19.6 Å². The highest BCUT2D eigenvalue weighted by Crippen LogP contribution is 2.28. The zero-order valence-electron chi connectivity index (χ0n) is 9.51. The third-order valence-corrected chi connectivity index (χ3v) is 2.83. The monoisotopic (exact) mass is 200 g/mol. The highest BCUT2D eigenvalue weighted by molar-refractivity contribution is 4.85. The molecule has 1 aliphatic heterocycles. The van der Waals surface area contributed by atoms with Crippen molar-refractivity contribution in [3.05, 3.63) is 0 Å². The molecule has 1 aliphatic rings. The Hall–Kier alpha value is -0.120. The van der Waals surface area contributed by atoms with Crippen LogP contribution < -0.4 is 11.1 Å². The summed E-state index contributed by atoms with van der Waals surface area (Å²) in [5.74, 6) is 0. The van der Waals surface area contributed by atoms with Gasteiger partial charge in [-0.15, -0.1) is 0 Å². The van der Waals surface area contributed by atoms with Gasteiger partial charge in [-0.3, -0.25) is 0 Å². The minimum atomic E-state index is 0.0480. The van der Waals surface area contributed by atoms with E-state index in [1.165, 1.54) is 6.42 Å². The average Bonchev–Trinajstić information content (AvgIpc) is 2.30. The summed E-state index contributed by atoms with van der Waals surface area (Å²) >= 11 is 0. The van der Waals surface area contributed by atoms with Crippen molar-refractivity contribution in [1.29, 1.82) is 0 Å². The molecule has 0 aromatic heterocycles. The quantitative estimate of drug-likeness (QED) is 0.718. The number of ether oxygens (including phenoxy) is 1. The second kappa shape index (κ2) is 5.69. The summed E-state index contributed by atoms with van der Waals surface area (Å²) in [6.45, 7) is 7.13. The largest absolute Gasteiger partial charge is 0.372 e. The van der Waals surface area contributed by atoms with Crippen molar-refractivity contribution >= 4 is 0 Å². The second-order valence-electron chi connectivity index (χ2n) is 4.49. The Labute approximate surface area is 87.4 Å². The predicted octanol–water partition coefficient (Wildman–Crippen LogP) is 1.27. The molecule has 3 N–H and O–H groups in total. The van der Waals surface area contributed by atoms with Crippen molar-refractivity contribution < 1.29 is 4.74 Å². The molecule has 0 radical (unpaired) electrons. The topological polar surface area (TPSA) is 47.3 Å². The van der Waals surface area contributed by atoms with Crippen LogP contribution in [0, 0.1) is 0 Å². The Morgan fingerprint density at radius 2 is 2.14 bits per heavy atom. The van der Waals surface area contributed by atoms with Crippen molar-refractivity contribution in [1.82, 2.24) is 5.32 Å². The molecule has 1 unspecified atom stereocenters. The van der Waals surface area contributed by atoms with Crippen LogP contribution in [0.3, 0.4) is 0 Å². The van der Waals surface area contributed by atoms with Crippen molar-refractivity contribution in [2.45, 2.75) is 51.2 Å². The lowest BCUT2D eigenvalue weighted by molar-refractivity contribution is -0.0909. The molecule has 84 valence electrons. The molecule has 1 heterocycles. The summed E-state index contributed by atoms with van der Waals surface area (Å²) in [5.41, 5.74) is 5.72. The van der Waals surface area contributed by atoms with Crippen LogP contribution in [0.1, 0.15) is 39.5 Å². The van der Waals surface area contributed by atoms with E-state index in [1.807, 2.05) is 0 Å². The van der Waals surface area contributed by atoms with E-state index in [2.05, 4.69) is 19.2 Å². The number of nitrogens with two attached hydrogens (primary N) is 1. The predicted molar refractivity (Wildman–Crippen MR) is 59.3 cm³/mol. The van der Waals surface area contributed by atoms with Crippen LogP contribution in [0.25, 0.3) is 0 Å². The SMILES string of the molecule is CC(C)OC1(CCN)CCCNCC1. The molecule has 3 nitrogen and oxygen atoms in total. The highest BCUT2D eigenvalue weighted by Gasteiger charge is 2.31. The average molecular weight is 200 g/mol. The van der Waals surface area contributed by atoms with Crippen LogP contribution in [0.15, 0.2) is 0 Å².